The monoisotopic (exact) mass is 278 g/mol. The lowest BCUT2D eigenvalue weighted by molar-refractivity contribution is 0.102. The number of hydrogen-bond acceptors (Lipinski definition) is 4. The molecule has 2 heterocycles. The fourth-order valence-corrected chi connectivity index (χ4v) is 2.01. The van der Waals surface area contributed by atoms with Gasteiger partial charge in [-0.25, -0.2) is 13.5 Å². The highest BCUT2D eigenvalue weighted by atomic mass is 19.1. The molecule has 1 aromatic heterocycles. The quantitative estimate of drug-likeness (QED) is 0.858. The number of aryl methyl sites for hydroxylation is 1. The van der Waals surface area contributed by atoms with E-state index in [4.69, 9.17) is 0 Å². The Labute approximate surface area is 113 Å². The lowest BCUT2D eigenvalue weighted by atomic mass is 10.0. The number of carbonyl (C=O) groups excluding carboxylic acids is 1. The SMILES string of the molecule is Cc1ccc(F)c(C(=O)c2cn(C3CNC3)nn2)c1F. The molecule has 1 aliphatic heterocycles. The Morgan fingerprint density at radius 1 is 1.40 bits per heavy atom. The van der Waals surface area contributed by atoms with Gasteiger partial charge in [0.15, 0.2) is 5.69 Å². The van der Waals surface area contributed by atoms with E-state index in [0.29, 0.717) is 0 Å². The lowest BCUT2D eigenvalue weighted by Crippen LogP contribution is -2.43. The average molecular weight is 278 g/mol. The molecule has 104 valence electrons. The molecule has 1 aromatic carbocycles. The zero-order chi connectivity index (χ0) is 14.3. The Balaban J connectivity index is 1.96. The van der Waals surface area contributed by atoms with Crippen LogP contribution in [0.1, 0.15) is 27.7 Å². The first-order valence-electron chi connectivity index (χ1n) is 6.20. The molecule has 20 heavy (non-hydrogen) atoms. The second-order valence-corrected chi connectivity index (χ2v) is 4.78. The number of hydrogen-bond donors (Lipinski definition) is 1. The van der Waals surface area contributed by atoms with Gasteiger partial charge in [-0.2, -0.15) is 0 Å². The van der Waals surface area contributed by atoms with Crippen LogP contribution in [0.3, 0.4) is 0 Å². The summed E-state index contributed by atoms with van der Waals surface area (Å²) < 4.78 is 29.1. The molecule has 0 amide bonds. The molecule has 0 saturated carbocycles. The van der Waals surface area contributed by atoms with Gasteiger partial charge >= 0.3 is 0 Å². The minimum atomic E-state index is -0.891. The van der Waals surface area contributed by atoms with Gasteiger partial charge in [0.1, 0.15) is 11.6 Å². The van der Waals surface area contributed by atoms with Crippen molar-refractivity contribution in [3.8, 4) is 0 Å². The summed E-state index contributed by atoms with van der Waals surface area (Å²) in [6, 6.07) is 2.50. The largest absolute Gasteiger partial charge is 0.312 e. The first kappa shape index (κ1) is 12.9. The number of aromatic nitrogens is 3. The predicted octanol–water partition coefficient (Wildman–Crippen LogP) is 1.24. The molecule has 0 spiro atoms. The molecule has 1 saturated heterocycles. The third-order valence-electron chi connectivity index (χ3n) is 3.39. The third kappa shape index (κ3) is 2.00. The topological polar surface area (TPSA) is 59.8 Å². The molecule has 0 radical (unpaired) electrons. The van der Waals surface area contributed by atoms with Crippen LogP contribution < -0.4 is 5.32 Å². The van der Waals surface area contributed by atoms with Crippen molar-refractivity contribution < 1.29 is 13.6 Å². The molecule has 5 nitrogen and oxygen atoms in total. The fourth-order valence-electron chi connectivity index (χ4n) is 2.01. The Kier molecular flexibility index (Phi) is 3.06. The summed E-state index contributed by atoms with van der Waals surface area (Å²) in [5.74, 6) is -2.53. The lowest BCUT2D eigenvalue weighted by Gasteiger charge is -2.26. The van der Waals surface area contributed by atoms with Crippen LogP contribution in [0.2, 0.25) is 0 Å². The third-order valence-corrected chi connectivity index (χ3v) is 3.39. The van der Waals surface area contributed by atoms with Crippen molar-refractivity contribution in [2.45, 2.75) is 13.0 Å². The van der Waals surface area contributed by atoms with Crippen LogP contribution in [-0.4, -0.2) is 33.9 Å². The number of ketones is 1. The molecule has 0 unspecified atom stereocenters. The normalized spacial score (nSPS) is 15.2. The Hall–Kier alpha value is -2.15. The molecule has 0 bridgehead atoms. The van der Waals surface area contributed by atoms with Gasteiger partial charge in [0.25, 0.3) is 0 Å². The van der Waals surface area contributed by atoms with Crippen molar-refractivity contribution in [2.24, 2.45) is 0 Å². The predicted molar refractivity (Wildman–Crippen MR) is 66.5 cm³/mol. The smallest absolute Gasteiger partial charge is 0.220 e. The highest BCUT2D eigenvalue weighted by molar-refractivity contribution is 6.07. The van der Waals surface area contributed by atoms with E-state index in [-0.39, 0.29) is 17.3 Å². The van der Waals surface area contributed by atoms with E-state index < -0.39 is 23.0 Å². The summed E-state index contributed by atoms with van der Waals surface area (Å²) in [5, 5.41) is 10.6. The first-order chi connectivity index (χ1) is 9.58. The molecular formula is C13H12F2N4O. The first-order valence-corrected chi connectivity index (χ1v) is 6.20. The number of nitrogens with zero attached hydrogens (tertiary/aromatic N) is 3. The highest BCUT2D eigenvalue weighted by Gasteiger charge is 2.25. The van der Waals surface area contributed by atoms with Crippen LogP contribution in [0.5, 0.6) is 0 Å². The van der Waals surface area contributed by atoms with Gasteiger partial charge in [0.2, 0.25) is 5.78 Å². The van der Waals surface area contributed by atoms with Gasteiger partial charge in [-0.3, -0.25) is 4.79 Å². The molecule has 0 atom stereocenters. The van der Waals surface area contributed by atoms with Crippen molar-refractivity contribution in [3.63, 3.8) is 0 Å². The van der Waals surface area contributed by atoms with E-state index in [2.05, 4.69) is 15.6 Å². The van der Waals surface area contributed by atoms with Crippen LogP contribution in [0.15, 0.2) is 18.3 Å². The minimum absolute atomic E-state index is 0.0553. The van der Waals surface area contributed by atoms with Crippen molar-refractivity contribution in [1.29, 1.82) is 0 Å². The van der Waals surface area contributed by atoms with E-state index in [1.54, 1.807) is 0 Å². The van der Waals surface area contributed by atoms with E-state index in [1.807, 2.05) is 0 Å². The number of halogens is 2. The van der Waals surface area contributed by atoms with Gasteiger partial charge in [-0.1, -0.05) is 11.3 Å². The van der Waals surface area contributed by atoms with Crippen molar-refractivity contribution >= 4 is 5.78 Å². The standard InChI is InChI=1S/C13H12F2N4O/c1-7-2-3-9(14)11(12(7)15)13(20)10-6-19(18-17-10)8-4-16-5-8/h2-3,6,8,16H,4-5H2,1H3. The van der Waals surface area contributed by atoms with Gasteiger partial charge in [0, 0.05) is 13.1 Å². The molecule has 3 rings (SSSR count). The van der Waals surface area contributed by atoms with Crippen LogP contribution in [0.4, 0.5) is 8.78 Å². The van der Waals surface area contributed by atoms with Crippen LogP contribution in [0.25, 0.3) is 0 Å². The molecule has 0 aliphatic carbocycles. The maximum Gasteiger partial charge on any atom is 0.220 e. The van der Waals surface area contributed by atoms with Gasteiger partial charge < -0.3 is 5.32 Å². The second kappa shape index (κ2) is 4.75. The van der Waals surface area contributed by atoms with Crippen LogP contribution >= 0.6 is 0 Å². The fraction of sp³-hybridized carbons (Fsp3) is 0.308. The van der Waals surface area contributed by atoms with E-state index in [9.17, 15) is 13.6 Å². The maximum absolute atomic E-state index is 13.9. The summed E-state index contributed by atoms with van der Waals surface area (Å²) in [6.07, 6.45) is 1.43. The van der Waals surface area contributed by atoms with Gasteiger partial charge in [0.05, 0.1) is 17.8 Å². The van der Waals surface area contributed by atoms with E-state index >= 15 is 0 Å². The van der Waals surface area contributed by atoms with Crippen LogP contribution in [0, 0.1) is 18.6 Å². The van der Waals surface area contributed by atoms with E-state index in [0.717, 1.165) is 19.2 Å². The zero-order valence-electron chi connectivity index (χ0n) is 10.7. The summed E-state index contributed by atoms with van der Waals surface area (Å²) >= 11 is 0. The summed E-state index contributed by atoms with van der Waals surface area (Å²) in [4.78, 5) is 12.2. The van der Waals surface area contributed by atoms with Crippen molar-refractivity contribution in [2.75, 3.05) is 13.1 Å². The van der Waals surface area contributed by atoms with E-state index in [1.165, 1.54) is 23.9 Å². The highest BCUT2D eigenvalue weighted by Crippen LogP contribution is 2.20. The molecule has 7 heteroatoms. The maximum atomic E-state index is 13.9. The number of nitrogens with one attached hydrogen (secondary N) is 1. The number of benzene rings is 1. The molecular weight excluding hydrogens is 266 g/mol. The molecule has 1 N–H and O–H groups in total. The average Bonchev–Trinajstić information content (AvgIpc) is 2.81. The summed E-state index contributed by atoms with van der Waals surface area (Å²) in [7, 11) is 0. The Bertz CT molecular complexity index is 679. The Morgan fingerprint density at radius 3 is 2.80 bits per heavy atom. The molecule has 2 aromatic rings. The second-order valence-electron chi connectivity index (χ2n) is 4.78. The van der Waals surface area contributed by atoms with Crippen molar-refractivity contribution in [1.82, 2.24) is 20.3 Å². The van der Waals surface area contributed by atoms with Gasteiger partial charge in [-0.15, -0.1) is 5.10 Å². The van der Waals surface area contributed by atoms with Crippen LogP contribution in [-0.2, 0) is 0 Å². The summed E-state index contributed by atoms with van der Waals surface area (Å²) in [6.45, 7) is 2.96. The molecule has 1 aliphatic rings. The Morgan fingerprint density at radius 2 is 2.15 bits per heavy atom. The minimum Gasteiger partial charge on any atom is -0.312 e. The molecule has 1 fully saturated rings. The zero-order valence-corrected chi connectivity index (χ0v) is 10.7. The number of carbonyl (C=O) groups is 1. The number of rotatable bonds is 3. The van der Waals surface area contributed by atoms with Crippen molar-refractivity contribution in [3.05, 3.63) is 46.8 Å². The summed E-state index contributed by atoms with van der Waals surface area (Å²) in [5.41, 5.74) is -0.422. The van der Waals surface area contributed by atoms with Gasteiger partial charge in [-0.05, 0) is 18.6 Å².